The summed E-state index contributed by atoms with van der Waals surface area (Å²) in [6, 6.07) is 3.12. The fraction of sp³-hybridized carbons (Fsp3) is 0. The lowest BCUT2D eigenvalue weighted by molar-refractivity contribution is 0.0690. The third-order valence-electron chi connectivity index (χ3n) is 1.56. The Balaban J connectivity index is 2.14. The number of carbonyl (C=O) groups is 1. The molecule has 0 saturated heterocycles. The lowest BCUT2D eigenvalue weighted by atomic mass is 10.4. The smallest absolute Gasteiger partial charge is 0.354 e. The van der Waals surface area contributed by atoms with Crippen molar-refractivity contribution in [2.45, 2.75) is 10.1 Å². The van der Waals surface area contributed by atoms with Gasteiger partial charge in [0.15, 0.2) is 5.16 Å². The van der Waals surface area contributed by atoms with Gasteiger partial charge < -0.3 is 5.11 Å². The van der Waals surface area contributed by atoms with Crippen LogP contribution in [0, 0.1) is 0 Å². The van der Waals surface area contributed by atoms with E-state index in [0.717, 1.165) is 4.90 Å². The standard InChI is InChI=1S/C8H6N4O2S/c13-7(14)6-2-1-5(3-9-6)15-8-10-4-11-12-8/h1-4H,(H,13,14)(H,10,11,12). The van der Waals surface area contributed by atoms with Crippen molar-refractivity contribution in [3.63, 3.8) is 0 Å². The number of aromatic nitrogens is 4. The van der Waals surface area contributed by atoms with Crippen molar-refractivity contribution in [2.75, 3.05) is 0 Å². The van der Waals surface area contributed by atoms with Crippen LogP contribution in [0.1, 0.15) is 10.5 Å². The third kappa shape index (κ3) is 2.32. The highest BCUT2D eigenvalue weighted by molar-refractivity contribution is 7.99. The lowest BCUT2D eigenvalue weighted by Gasteiger charge is -1.97. The molecule has 76 valence electrons. The first-order valence-electron chi connectivity index (χ1n) is 3.98. The molecule has 0 saturated carbocycles. The van der Waals surface area contributed by atoms with Crippen LogP contribution >= 0.6 is 11.8 Å². The molecule has 2 rings (SSSR count). The molecule has 0 spiro atoms. The molecule has 0 unspecified atom stereocenters. The second kappa shape index (κ2) is 4.09. The molecule has 2 aromatic rings. The second-order valence-corrected chi connectivity index (χ2v) is 3.64. The molecule has 0 aliphatic rings. The monoisotopic (exact) mass is 222 g/mol. The predicted molar refractivity (Wildman–Crippen MR) is 51.7 cm³/mol. The van der Waals surface area contributed by atoms with Gasteiger partial charge in [-0.05, 0) is 23.9 Å². The molecule has 0 fully saturated rings. The molecule has 0 radical (unpaired) electrons. The van der Waals surface area contributed by atoms with Gasteiger partial charge in [-0.3, -0.25) is 5.10 Å². The summed E-state index contributed by atoms with van der Waals surface area (Å²) in [5.41, 5.74) is 0.0249. The van der Waals surface area contributed by atoms with E-state index in [2.05, 4.69) is 20.2 Å². The first kappa shape index (κ1) is 9.66. The molecule has 0 amide bonds. The van der Waals surface area contributed by atoms with Crippen molar-refractivity contribution in [2.24, 2.45) is 0 Å². The minimum atomic E-state index is -1.04. The maximum absolute atomic E-state index is 10.5. The number of carboxylic acid groups (broad SMARTS) is 1. The van der Waals surface area contributed by atoms with Crippen molar-refractivity contribution in [3.05, 3.63) is 30.4 Å². The molecule has 7 heteroatoms. The van der Waals surface area contributed by atoms with Crippen LogP contribution in [-0.2, 0) is 0 Å². The molecule has 2 heterocycles. The van der Waals surface area contributed by atoms with Gasteiger partial charge in [0.05, 0.1) is 0 Å². The van der Waals surface area contributed by atoms with Crippen LogP contribution < -0.4 is 0 Å². The van der Waals surface area contributed by atoms with Crippen LogP contribution in [0.3, 0.4) is 0 Å². The van der Waals surface area contributed by atoms with E-state index in [-0.39, 0.29) is 5.69 Å². The third-order valence-corrected chi connectivity index (χ3v) is 2.43. The summed E-state index contributed by atoms with van der Waals surface area (Å²) in [7, 11) is 0. The van der Waals surface area contributed by atoms with Crippen LogP contribution in [0.2, 0.25) is 0 Å². The highest BCUT2D eigenvalue weighted by Crippen LogP contribution is 2.22. The van der Waals surface area contributed by atoms with Crippen molar-refractivity contribution in [1.82, 2.24) is 20.2 Å². The van der Waals surface area contributed by atoms with Gasteiger partial charge in [0, 0.05) is 11.1 Å². The molecule has 2 aromatic heterocycles. The number of hydrogen-bond donors (Lipinski definition) is 2. The SMILES string of the molecule is O=C(O)c1ccc(Sc2ncn[nH]2)cn1. The van der Waals surface area contributed by atoms with E-state index in [1.165, 1.54) is 30.4 Å². The van der Waals surface area contributed by atoms with Crippen LogP contribution in [0.4, 0.5) is 0 Å². The Kier molecular flexibility index (Phi) is 2.64. The Hall–Kier alpha value is -1.89. The van der Waals surface area contributed by atoms with Gasteiger partial charge in [-0.1, -0.05) is 0 Å². The fourth-order valence-corrected chi connectivity index (χ4v) is 1.59. The second-order valence-electron chi connectivity index (χ2n) is 2.58. The van der Waals surface area contributed by atoms with Crippen LogP contribution in [0.15, 0.2) is 34.7 Å². The maximum atomic E-state index is 10.5. The van der Waals surface area contributed by atoms with Gasteiger partial charge in [-0.15, -0.1) is 0 Å². The first-order valence-corrected chi connectivity index (χ1v) is 4.80. The number of nitrogens with zero attached hydrogens (tertiary/aromatic N) is 3. The molecule has 0 bridgehead atoms. The number of aromatic amines is 1. The summed E-state index contributed by atoms with van der Waals surface area (Å²) < 4.78 is 0. The molecule has 0 aliphatic carbocycles. The minimum Gasteiger partial charge on any atom is -0.477 e. The lowest BCUT2D eigenvalue weighted by Crippen LogP contribution is -1.98. The minimum absolute atomic E-state index is 0.0249. The summed E-state index contributed by atoms with van der Waals surface area (Å²) in [6.07, 6.45) is 2.89. The number of nitrogens with one attached hydrogen (secondary N) is 1. The van der Waals surface area contributed by atoms with Gasteiger partial charge >= 0.3 is 5.97 Å². The summed E-state index contributed by atoms with van der Waals surface area (Å²) in [6.45, 7) is 0. The van der Waals surface area contributed by atoms with Gasteiger partial charge in [0.2, 0.25) is 0 Å². The predicted octanol–water partition coefficient (Wildman–Crippen LogP) is 1.05. The summed E-state index contributed by atoms with van der Waals surface area (Å²) in [5, 5.41) is 15.6. The highest BCUT2D eigenvalue weighted by atomic mass is 32.2. The summed E-state index contributed by atoms with van der Waals surface area (Å²) >= 11 is 1.33. The zero-order valence-electron chi connectivity index (χ0n) is 7.41. The van der Waals surface area contributed by atoms with Crippen molar-refractivity contribution < 1.29 is 9.90 Å². The van der Waals surface area contributed by atoms with Gasteiger partial charge in [0.25, 0.3) is 0 Å². The molecule has 15 heavy (non-hydrogen) atoms. The number of carboxylic acids is 1. The highest BCUT2D eigenvalue weighted by Gasteiger charge is 2.05. The number of rotatable bonds is 3. The van der Waals surface area contributed by atoms with E-state index in [1.54, 1.807) is 6.07 Å². The fourth-order valence-electron chi connectivity index (χ4n) is 0.922. The van der Waals surface area contributed by atoms with Crippen molar-refractivity contribution in [3.8, 4) is 0 Å². The van der Waals surface area contributed by atoms with Crippen molar-refractivity contribution in [1.29, 1.82) is 0 Å². The zero-order chi connectivity index (χ0) is 10.7. The van der Waals surface area contributed by atoms with Gasteiger partial charge in [-0.2, -0.15) is 5.10 Å². The van der Waals surface area contributed by atoms with E-state index in [1.807, 2.05) is 0 Å². The average Bonchev–Trinajstić information content (AvgIpc) is 2.71. The van der Waals surface area contributed by atoms with E-state index in [0.29, 0.717) is 5.16 Å². The number of H-pyrrole nitrogens is 1. The van der Waals surface area contributed by atoms with E-state index in [9.17, 15) is 4.79 Å². The van der Waals surface area contributed by atoms with E-state index < -0.39 is 5.97 Å². The largest absolute Gasteiger partial charge is 0.477 e. The number of pyridine rings is 1. The Labute approximate surface area is 88.8 Å². The number of hydrogen-bond acceptors (Lipinski definition) is 5. The Morgan fingerprint density at radius 2 is 2.27 bits per heavy atom. The Bertz CT molecular complexity index is 454. The first-order chi connectivity index (χ1) is 7.25. The molecule has 2 N–H and O–H groups in total. The van der Waals surface area contributed by atoms with Crippen LogP contribution in [0.5, 0.6) is 0 Å². The Morgan fingerprint density at radius 1 is 1.40 bits per heavy atom. The Morgan fingerprint density at radius 3 is 2.80 bits per heavy atom. The molecular formula is C8H6N4O2S. The molecule has 0 aromatic carbocycles. The summed E-state index contributed by atoms with van der Waals surface area (Å²) in [5.74, 6) is -1.04. The van der Waals surface area contributed by atoms with Crippen LogP contribution in [0.25, 0.3) is 0 Å². The maximum Gasteiger partial charge on any atom is 0.354 e. The molecular weight excluding hydrogens is 216 g/mol. The normalized spacial score (nSPS) is 10.1. The van der Waals surface area contributed by atoms with E-state index in [4.69, 9.17) is 5.11 Å². The van der Waals surface area contributed by atoms with Crippen LogP contribution in [-0.4, -0.2) is 31.2 Å². The van der Waals surface area contributed by atoms with E-state index >= 15 is 0 Å². The zero-order valence-corrected chi connectivity index (χ0v) is 8.23. The average molecular weight is 222 g/mol. The number of aromatic carboxylic acids is 1. The molecule has 0 aliphatic heterocycles. The van der Waals surface area contributed by atoms with Gasteiger partial charge in [-0.25, -0.2) is 14.8 Å². The molecule has 6 nitrogen and oxygen atoms in total. The quantitative estimate of drug-likeness (QED) is 0.806. The molecule has 0 atom stereocenters. The summed E-state index contributed by atoms with van der Waals surface area (Å²) in [4.78, 5) is 19.0. The van der Waals surface area contributed by atoms with Crippen molar-refractivity contribution >= 4 is 17.7 Å². The topological polar surface area (TPSA) is 91.8 Å². The van der Waals surface area contributed by atoms with Gasteiger partial charge in [0.1, 0.15) is 12.0 Å².